The molecular formula is C7H14O5Si. The molecule has 0 aliphatic rings. The molecule has 0 spiro atoms. The number of hydrogen-bond donors (Lipinski definition) is 4. The summed E-state index contributed by atoms with van der Waals surface area (Å²) < 4.78 is 0. The van der Waals surface area contributed by atoms with Crippen LogP contribution in [0.4, 0.5) is 0 Å². The molecule has 1 unspecified atom stereocenters. The Balaban J connectivity index is 4.64. The maximum Gasteiger partial charge on any atom is 0.499 e. The van der Waals surface area contributed by atoms with Gasteiger partial charge in [0.25, 0.3) is 0 Å². The van der Waals surface area contributed by atoms with Crippen molar-refractivity contribution in [3.05, 3.63) is 11.6 Å². The van der Waals surface area contributed by atoms with Crippen LogP contribution in [-0.4, -0.2) is 34.3 Å². The van der Waals surface area contributed by atoms with Crippen molar-refractivity contribution in [2.45, 2.75) is 25.8 Å². The normalized spacial score (nSPS) is 15.6. The summed E-state index contributed by atoms with van der Waals surface area (Å²) in [5, 5.41) is 8.49. The summed E-state index contributed by atoms with van der Waals surface area (Å²) in [6.07, 6.45) is 1.47. The van der Waals surface area contributed by atoms with E-state index in [-0.39, 0.29) is 5.57 Å². The van der Waals surface area contributed by atoms with E-state index in [1.54, 1.807) is 6.92 Å². The van der Waals surface area contributed by atoms with Crippen molar-refractivity contribution in [1.82, 2.24) is 0 Å². The van der Waals surface area contributed by atoms with Gasteiger partial charge in [0.15, 0.2) is 0 Å². The molecule has 0 aliphatic heterocycles. The van der Waals surface area contributed by atoms with Gasteiger partial charge in [0.1, 0.15) is 0 Å². The highest BCUT2D eigenvalue weighted by Gasteiger charge is 2.36. The van der Waals surface area contributed by atoms with Crippen LogP contribution in [0.2, 0.25) is 5.54 Å². The first-order valence-corrected chi connectivity index (χ1v) is 5.79. The monoisotopic (exact) mass is 206 g/mol. The van der Waals surface area contributed by atoms with E-state index < -0.39 is 20.3 Å². The average molecular weight is 206 g/mol. The lowest BCUT2D eigenvalue weighted by atomic mass is 10.2. The largest absolute Gasteiger partial charge is 0.499 e. The fraction of sp³-hybridized carbons (Fsp3) is 0.571. The highest BCUT2D eigenvalue weighted by molar-refractivity contribution is 6.58. The van der Waals surface area contributed by atoms with Crippen molar-refractivity contribution < 1.29 is 24.3 Å². The molecule has 0 radical (unpaired) electrons. The van der Waals surface area contributed by atoms with Crippen LogP contribution in [0.25, 0.3) is 0 Å². The molecule has 13 heavy (non-hydrogen) atoms. The van der Waals surface area contributed by atoms with Gasteiger partial charge in [-0.05, 0) is 13.3 Å². The molecule has 0 heterocycles. The van der Waals surface area contributed by atoms with Crippen LogP contribution in [0.3, 0.4) is 0 Å². The van der Waals surface area contributed by atoms with E-state index in [2.05, 4.69) is 0 Å². The van der Waals surface area contributed by atoms with Crippen LogP contribution in [0, 0.1) is 0 Å². The molecule has 0 aliphatic carbocycles. The van der Waals surface area contributed by atoms with Crippen LogP contribution in [-0.2, 0) is 4.79 Å². The molecule has 5 nitrogen and oxygen atoms in total. The molecule has 0 saturated heterocycles. The Labute approximate surface area is 77.3 Å². The van der Waals surface area contributed by atoms with Crippen molar-refractivity contribution in [2.24, 2.45) is 0 Å². The van der Waals surface area contributed by atoms with Crippen LogP contribution in [0.5, 0.6) is 0 Å². The number of aliphatic carboxylic acids is 1. The number of hydrogen-bond acceptors (Lipinski definition) is 4. The summed E-state index contributed by atoms with van der Waals surface area (Å²) in [7, 11) is -4.24. The predicted octanol–water partition coefficient (Wildman–Crippen LogP) is -0.287. The molecule has 76 valence electrons. The first-order valence-electron chi connectivity index (χ1n) is 3.87. The fourth-order valence-electron chi connectivity index (χ4n) is 0.877. The number of carboxylic acids is 1. The lowest BCUT2D eigenvalue weighted by Gasteiger charge is -2.17. The topological polar surface area (TPSA) is 98.0 Å². The van der Waals surface area contributed by atoms with Gasteiger partial charge in [-0.1, -0.05) is 13.0 Å². The second-order valence-electron chi connectivity index (χ2n) is 2.86. The van der Waals surface area contributed by atoms with Gasteiger partial charge in [-0.25, -0.2) is 4.79 Å². The summed E-state index contributed by atoms with van der Waals surface area (Å²) in [4.78, 5) is 37.1. The molecule has 0 aromatic carbocycles. The number of allylic oxidation sites excluding steroid dienone is 1. The molecule has 0 bridgehead atoms. The highest BCUT2D eigenvalue weighted by atomic mass is 28.4. The average Bonchev–Trinajstić information content (AvgIpc) is 1.96. The lowest BCUT2D eigenvalue weighted by Crippen LogP contribution is -2.39. The zero-order valence-electron chi connectivity index (χ0n) is 7.56. The molecular weight excluding hydrogens is 192 g/mol. The smallest absolute Gasteiger partial charge is 0.478 e. The van der Waals surface area contributed by atoms with E-state index >= 15 is 0 Å². The first-order chi connectivity index (χ1) is 5.79. The number of carboxylic acid groups (broad SMARTS) is 1. The predicted molar refractivity (Wildman–Crippen MR) is 47.8 cm³/mol. The van der Waals surface area contributed by atoms with Crippen molar-refractivity contribution in [3.8, 4) is 0 Å². The van der Waals surface area contributed by atoms with Gasteiger partial charge in [-0.3, -0.25) is 0 Å². The highest BCUT2D eigenvalue weighted by Crippen LogP contribution is 2.21. The summed E-state index contributed by atoms with van der Waals surface area (Å²) in [6.45, 7) is 2.98. The van der Waals surface area contributed by atoms with E-state index in [4.69, 9.17) is 19.5 Å². The van der Waals surface area contributed by atoms with E-state index in [0.717, 1.165) is 0 Å². The lowest BCUT2D eigenvalue weighted by molar-refractivity contribution is -0.132. The fourth-order valence-corrected chi connectivity index (χ4v) is 1.90. The maximum absolute atomic E-state index is 10.4. The van der Waals surface area contributed by atoms with E-state index in [0.29, 0.717) is 6.42 Å². The quantitative estimate of drug-likeness (QED) is 0.374. The van der Waals surface area contributed by atoms with Crippen molar-refractivity contribution in [2.75, 3.05) is 0 Å². The van der Waals surface area contributed by atoms with Crippen LogP contribution >= 0.6 is 0 Å². The van der Waals surface area contributed by atoms with Gasteiger partial charge < -0.3 is 19.5 Å². The Morgan fingerprint density at radius 3 is 2.15 bits per heavy atom. The Bertz CT molecular complexity index is 217. The minimum absolute atomic E-state index is 0.000810. The molecule has 0 rings (SSSR count). The summed E-state index contributed by atoms with van der Waals surface area (Å²) in [5.74, 6) is -1.13. The molecule has 4 N–H and O–H groups in total. The van der Waals surface area contributed by atoms with E-state index in [1.807, 2.05) is 0 Å². The van der Waals surface area contributed by atoms with Crippen LogP contribution in [0.15, 0.2) is 11.6 Å². The van der Waals surface area contributed by atoms with Crippen LogP contribution < -0.4 is 0 Å². The second kappa shape index (κ2) is 4.52. The van der Waals surface area contributed by atoms with Gasteiger partial charge in [-0.2, -0.15) is 0 Å². The third-order valence-corrected chi connectivity index (χ3v) is 3.30. The molecule has 0 amide bonds. The number of carbonyl (C=O) groups is 1. The van der Waals surface area contributed by atoms with Crippen molar-refractivity contribution in [3.63, 3.8) is 0 Å². The summed E-state index contributed by atoms with van der Waals surface area (Å²) in [6, 6.07) is 0. The van der Waals surface area contributed by atoms with Gasteiger partial charge in [-0.15, -0.1) is 0 Å². The van der Waals surface area contributed by atoms with E-state index in [9.17, 15) is 4.79 Å². The van der Waals surface area contributed by atoms with Gasteiger partial charge in [0.2, 0.25) is 0 Å². The Hall–Kier alpha value is -0.693. The van der Waals surface area contributed by atoms with Gasteiger partial charge in [0, 0.05) is 11.1 Å². The second-order valence-corrected chi connectivity index (χ2v) is 4.97. The van der Waals surface area contributed by atoms with Crippen molar-refractivity contribution in [1.29, 1.82) is 0 Å². The van der Waals surface area contributed by atoms with Crippen molar-refractivity contribution >= 4 is 14.8 Å². The molecule has 0 aromatic rings. The molecule has 1 atom stereocenters. The Morgan fingerprint density at radius 1 is 1.46 bits per heavy atom. The summed E-state index contributed by atoms with van der Waals surface area (Å²) >= 11 is 0. The molecule has 0 saturated carbocycles. The Kier molecular flexibility index (Phi) is 4.28. The molecule has 6 heteroatoms. The van der Waals surface area contributed by atoms with Crippen LogP contribution in [0.1, 0.15) is 20.3 Å². The maximum atomic E-state index is 10.4. The zero-order chi connectivity index (χ0) is 10.6. The SMILES string of the molecule is CCC(/C=C(\C)C(=O)O)[Si](O)(O)O. The molecule has 0 fully saturated rings. The molecule has 0 aromatic heterocycles. The van der Waals surface area contributed by atoms with Gasteiger partial charge >= 0.3 is 14.8 Å². The van der Waals surface area contributed by atoms with Gasteiger partial charge in [0.05, 0.1) is 0 Å². The van der Waals surface area contributed by atoms with E-state index in [1.165, 1.54) is 13.0 Å². The minimum atomic E-state index is -4.24. The first kappa shape index (κ1) is 12.3. The third-order valence-electron chi connectivity index (χ3n) is 1.73. The standard InChI is InChI=1S/C7H14O5Si/c1-3-6(13(10,11)12)4-5(2)7(8)9/h4,6,10-12H,3H2,1-2H3,(H,8,9)/b5-4+. The number of rotatable bonds is 4. The summed E-state index contributed by atoms with van der Waals surface area (Å²) in [5.41, 5.74) is -0.857. The third kappa shape index (κ3) is 4.18. The minimum Gasteiger partial charge on any atom is -0.478 e. The Morgan fingerprint density at radius 2 is 1.92 bits per heavy atom. The zero-order valence-corrected chi connectivity index (χ0v) is 8.56.